The van der Waals surface area contributed by atoms with Gasteiger partial charge in [0.1, 0.15) is 11.6 Å². The Kier molecular flexibility index (Phi) is 4.42. The van der Waals surface area contributed by atoms with Crippen LogP contribution < -0.4 is 15.8 Å². The second-order valence-electron chi connectivity index (χ2n) is 4.01. The van der Waals surface area contributed by atoms with Gasteiger partial charge in [0.25, 0.3) is 5.91 Å². The van der Waals surface area contributed by atoms with E-state index in [2.05, 4.69) is 5.32 Å². The molecule has 0 aliphatic rings. The fourth-order valence-electron chi connectivity index (χ4n) is 1.55. The Balaban J connectivity index is 1.96. The van der Waals surface area contributed by atoms with Gasteiger partial charge in [0.05, 0.1) is 10.7 Å². The van der Waals surface area contributed by atoms with Gasteiger partial charge in [-0.3, -0.25) is 4.79 Å². The van der Waals surface area contributed by atoms with E-state index in [0.717, 1.165) is 0 Å². The smallest absolute Gasteiger partial charge is 0.262 e. The quantitative estimate of drug-likeness (QED) is 0.852. The number of benzene rings is 2. The summed E-state index contributed by atoms with van der Waals surface area (Å²) >= 11 is 5.80. The molecule has 0 aliphatic heterocycles. The van der Waals surface area contributed by atoms with Crippen LogP contribution in [-0.4, -0.2) is 12.5 Å². The average molecular weight is 295 g/mol. The first-order valence-electron chi connectivity index (χ1n) is 5.78. The lowest BCUT2D eigenvalue weighted by Gasteiger charge is -2.09. The molecule has 0 saturated carbocycles. The third-order valence-electron chi connectivity index (χ3n) is 2.46. The van der Waals surface area contributed by atoms with Gasteiger partial charge >= 0.3 is 0 Å². The van der Waals surface area contributed by atoms with E-state index in [1.54, 1.807) is 24.3 Å². The first-order chi connectivity index (χ1) is 9.56. The Bertz CT molecular complexity index is 614. The van der Waals surface area contributed by atoms with Gasteiger partial charge in [-0.15, -0.1) is 0 Å². The largest absolute Gasteiger partial charge is 0.484 e. The Hall–Kier alpha value is -2.27. The van der Waals surface area contributed by atoms with Crippen LogP contribution in [0, 0.1) is 5.82 Å². The van der Waals surface area contributed by atoms with Gasteiger partial charge in [0, 0.05) is 11.8 Å². The summed E-state index contributed by atoms with van der Waals surface area (Å²) in [6, 6.07) is 10.8. The van der Waals surface area contributed by atoms with Crippen molar-refractivity contribution in [2.45, 2.75) is 0 Å². The number of halogens is 2. The van der Waals surface area contributed by atoms with E-state index in [1.165, 1.54) is 18.2 Å². The molecule has 0 radical (unpaired) electrons. The maximum absolute atomic E-state index is 13.5. The third-order valence-corrected chi connectivity index (χ3v) is 2.77. The molecule has 6 heteroatoms. The maximum Gasteiger partial charge on any atom is 0.262 e. The summed E-state index contributed by atoms with van der Waals surface area (Å²) in [4.78, 5) is 11.7. The van der Waals surface area contributed by atoms with Crippen molar-refractivity contribution in [3.8, 4) is 5.75 Å². The summed E-state index contributed by atoms with van der Waals surface area (Å²) < 4.78 is 18.7. The lowest BCUT2D eigenvalue weighted by atomic mass is 10.3. The highest BCUT2D eigenvalue weighted by Crippen LogP contribution is 2.24. The van der Waals surface area contributed by atoms with E-state index < -0.39 is 11.7 Å². The van der Waals surface area contributed by atoms with Crippen molar-refractivity contribution in [1.82, 2.24) is 0 Å². The summed E-state index contributed by atoms with van der Waals surface area (Å²) in [6.07, 6.45) is 0. The van der Waals surface area contributed by atoms with E-state index >= 15 is 0 Å². The number of nitrogens with one attached hydrogen (secondary N) is 1. The lowest BCUT2D eigenvalue weighted by Crippen LogP contribution is -2.21. The van der Waals surface area contributed by atoms with Crippen molar-refractivity contribution < 1.29 is 13.9 Å². The summed E-state index contributed by atoms with van der Waals surface area (Å²) in [6.45, 7) is -0.270. The molecule has 0 heterocycles. The van der Waals surface area contributed by atoms with Crippen molar-refractivity contribution in [1.29, 1.82) is 0 Å². The SMILES string of the molecule is Nc1cccc(OCC(=O)Nc2c(F)cccc2Cl)c1. The number of rotatable bonds is 4. The van der Waals surface area contributed by atoms with Gasteiger partial charge in [0.15, 0.2) is 6.61 Å². The van der Waals surface area contributed by atoms with Crippen LogP contribution in [0.5, 0.6) is 5.75 Å². The molecule has 0 bridgehead atoms. The molecule has 0 fully saturated rings. The molecule has 3 N–H and O–H groups in total. The molecule has 4 nitrogen and oxygen atoms in total. The molecule has 2 rings (SSSR count). The molecule has 0 spiro atoms. The van der Waals surface area contributed by atoms with Crippen molar-refractivity contribution >= 4 is 28.9 Å². The van der Waals surface area contributed by atoms with E-state index in [4.69, 9.17) is 22.1 Å². The number of nitrogen functional groups attached to an aromatic ring is 1. The number of amides is 1. The number of ether oxygens (including phenoxy) is 1. The highest BCUT2D eigenvalue weighted by molar-refractivity contribution is 6.33. The number of hydrogen-bond acceptors (Lipinski definition) is 3. The maximum atomic E-state index is 13.5. The fraction of sp³-hybridized carbons (Fsp3) is 0.0714. The van der Waals surface area contributed by atoms with Crippen molar-refractivity contribution in [3.63, 3.8) is 0 Å². The lowest BCUT2D eigenvalue weighted by molar-refractivity contribution is -0.118. The molecule has 0 unspecified atom stereocenters. The predicted molar refractivity (Wildman–Crippen MR) is 76.4 cm³/mol. The van der Waals surface area contributed by atoms with Crippen LogP contribution in [0.1, 0.15) is 0 Å². The van der Waals surface area contributed by atoms with Crippen molar-refractivity contribution in [3.05, 3.63) is 53.3 Å². The number of para-hydroxylation sites is 1. The Morgan fingerprint density at radius 1 is 1.30 bits per heavy atom. The van der Waals surface area contributed by atoms with Crippen molar-refractivity contribution in [2.24, 2.45) is 0 Å². The zero-order chi connectivity index (χ0) is 14.5. The van der Waals surface area contributed by atoms with Crippen LogP contribution >= 0.6 is 11.6 Å². The van der Waals surface area contributed by atoms with E-state index in [1.807, 2.05) is 0 Å². The molecule has 0 aliphatic carbocycles. The van der Waals surface area contributed by atoms with Gasteiger partial charge < -0.3 is 15.8 Å². The molecule has 1 amide bonds. The number of carbonyl (C=O) groups is 1. The average Bonchev–Trinajstić information content (AvgIpc) is 2.41. The highest BCUT2D eigenvalue weighted by atomic mass is 35.5. The fourth-order valence-corrected chi connectivity index (χ4v) is 1.76. The molecule has 0 saturated heterocycles. The highest BCUT2D eigenvalue weighted by Gasteiger charge is 2.11. The van der Waals surface area contributed by atoms with Crippen LogP contribution in [0.2, 0.25) is 5.02 Å². The molecule has 0 aromatic heterocycles. The van der Waals surface area contributed by atoms with Crippen molar-refractivity contribution in [2.75, 3.05) is 17.7 Å². The number of anilines is 2. The second kappa shape index (κ2) is 6.25. The second-order valence-corrected chi connectivity index (χ2v) is 4.41. The van der Waals surface area contributed by atoms with E-state index in [-0.39, 0.29) is 17.3 Å². The molecular formula is C14H12ClFN2O2. The number of hydrogen-bond donors (Lipinski definition) is 2. The van der Waals surface area contributed by atoms with E-state index in [0.29, 0.717) is 11.4 Å². The zero-order valence-corrected chi connectivity index (χ0v) is 11.2. The minimum absolute atomic E-state index is 0.0599. The van der Waals surface area contributed by atoms with Gasteiger partial charge in [-0.05, 0) is 24.3 Å². The van der Waals surface area contributed by atoms with Crippen LogP contribution in [0.4, 0.5) is 15.8 Å². The topological polar surface area (TPSA) is 64.3 Å². The molecular weight excluding hydrogens is 283 g/mol. The van der Waals surface area contributed by atoms with Gasteiger partial charge in [-0.1, -0.05) is 23.7 Å². The Labute approximate surface area is 120 Å². The normalized spacial score (nSPS) is 10.1. The summed E-state index contributed by atoms with van der Waals surface area (Å²) in [5.74, 6) is -0.658. The number of carbonyl (C=O) groups excluding carboxylic acids is 1. The first-order valence-corrected chi connectivity index (χ1v) is 6.16. The van der Waals surface area contributed by atoms with Gasteiger partial charge in [-0.2, -0.15) is 0 Å². The summed E-state index contributed by atoms with van der Waals surface area (Å²) in [5.41, 5.74) is 6.05. The summed E-state index contributed by atoms with van der Waals surface area (Å²) in [7, 11) is 0. The Morgan fingerprint density at radius 2 is 2.05 bits per heavy atom. The third kappa shape index (κ3) is 3.61. The van der Waals surface area contributed by atoms with Crippen LogP contribution in [0.25, 0.3) is 0 Å². The van der Waals surface area contributed by atoms with Crippen LogP contribution in [-0.2, 0) is 4.79 Å². The monoisotopic (exact) mass is 294 g/mol. The first kappa shape index (κ1) is 14.1. The Morgan fingerprint density at radius 3 is 2.75 bits per heavy atom. The van der Waals surface area contributed by atoms with Crippen LogP contribution in [0.3, 0.4) is 0 Å². The van der Waals surface area contributed by atoms with E-state index in [9.17, 15) is 9.18 Å². The predicted octanol–water partition coefficient (Wildman–Crippen LogP) is 3.08. The zero-order valence-electron chi connectivity index (χ0n) is 10.4. The van der Waals surface area contributed by atoms with Gasteiger partial charge in [0.2, 0.25) is 0 Å². The molecule has 2 aromatic rings. The number of nitrogens with two attached hydrogens (primary N) is 1. The van der Waals surface area contributed by atoms with Gasteiger partial charge in [-0.25, -0.2) is 4.39 Å². The minimum Gasteiger partial charge on any atom is -0.484 e. The molecule has 0 atom stereocenters. The van der Waals surface area contributed by atoms with Crippen LogP contribution in [0.15, 0.2) is 42.5 Å². The summed E-state index contributed by atoms with van der Waals surface area (Å²) in [5, 5.41) is 2.49. The minimum atomic E-state index is -0.602. The molecule has 2 aromatic carbocycles. The standard InChI is InChI=1S/C14H12ClFN2O2/c15-11-5-2-6-12(16)14(11)18-13(19)8-20-10-4-1-3-9(17)7-10/h1-7H,8,17H2,(H,18,19). The molecule has 20 heavy (non-hydrogen) atoms. The molecule has 104 valence electrons.